The number of primary amides is 1. The number of nitrogens with two attached hydrogens (primary N) is 2. The minimum atomic E-state index is -0.442. The Morgan fingerprint density at radius 3 is 2.45 bits per heavy atom. The lowest BCUT2D eigenvalue weighted by molar-refractivity contribution is 0.1000. The minimum absolute atomic E-state index is 0.116. The van der Waals surface area contributed by atoms with Crippen molar-refractivity contribution in [1.29, 1.82) is 0 Å². The summed E-state index contributed by atoms with van der Waals surface area (Å²) in [5.74, 6) is -0.442. The maximum Gasteiger partial charge on any atom is 0.248 e. The molecule has 0 unspecified atom stereocenters. The van der Waals surface area contributed by atoms with Crippen LogP contribution in [0.25, 0.3) is 0 Å². The van der Waals surface area contributed by atoms with Crippen molar-refractivity contribution < 1.29 is 9.90 Å². The van der Waals surface area contributed by atoms with E-state index in [1.54, 1.807) is 18.2 Å². The number of aliphatic hydroxyl groups is 1. The van der Waals surface area contributed by atoms with Gasteiger partial charge in [-0.3, -0.25) is 4.79 Å². The summed E-state index contributed by atoms with van der Waals surface area (Å²) < 4.78 is 0. The zero-order valence-electron chi connectivity index (χ0n) is 13.6. The summed E-state index contributed by atoms with van der Waals surface area (Å²) in [6, 6.07) is 5.11. The Kier molecular flexibility index (Phi) is 6.86. The monoisotopic (exact) mass is 302 g/mol. The van der Waals surface area contributed by atoms with Crippen molar-refractivity contribution in [2.45, 2.75) is 40.0 Å². The second-order valence-electron chi connectivity index (χ2n) is 5.75. The van der Waals surface area contributed by atoms with Crippen LogP contribution in [0.4, 0.5) is 5.69 Å². The molecule has 0 saturated heterocycles. The van der Waals surface area contributed by atoms with Gasteiger partial charge in [-0.05, 0) is 69.4 Å². The Hall–Kier alpha value is -2.07. The Bertz CT molecular complexity index is 601. The molecule has 0 aliphatic carbocycles. The minimum Gasteiger partial charge on any atom is -0.398 e. The number of carbonyl (C=O) groups is 1. The highest BCUT2D eigenvalue weighted by atomic mass is 16.3. The van der Waals surface area contributed by atoms with E-state index in [4.69, 9.17) is 16.6 Å². The van der Waals surface area contributed by atoms with Crippen LogP contribution in [0.2, 0.25) is 0 Å². The summed E-state index contributed by atoms with van der Waals surface area (Å²) in [7, 11) is 0. The fourth-order valence-corrected chi connectivity index (χ4v) is 2.06. The molecular weight excluding hydrogens is 276 g/mol. The van der Waals surface area contributed by atoms with Gasteiger partial charge in [-0.25, -0.2) is 0 Å². The normalized spacial score (nSPS) is 13.0. The molecule has 1 aromatic carbocycles. The van der Waals surface area contributed by atoms with Crippen molar-refractivity contribution in [2.75, 3.05) is 12.3 Å². The first-order valence-electron chi connectivity index (χ1n) is 7.45. The van der Waals surface area contributed by atoms with Crippen molar-refractivity contribution in [3.8, 4) is 0 Å². The molecule has 0 heterocycles. The van der Waals surface area contributed by atoms with E-state index < -0.39 is 5.91 Å². The number of aliphatic hydroxyl groups excluding tert-OH is 1. The highest BCUT2D eigenvalue weighted by Crippen LogP contribution is 2.18. The van der Waals surface area contributed by atoms with Crippen LogP contribution in [0, 0.1) is 0 Å². The van der Waals surface area contributed by atoms with Gasteiger partial charge >= 0.3 is 0 Å². The van der Waals surface area contributed by atoms with Crippen LogP contribution in [-0.2, 0) is 6.42 Å². The average Bonchev–Trinajstić information content (AvgIpc) is 2.50. The molecule has 0 spiro atoms. The fraction of sp³-hybridized carbons (Fsp3) is 0.389. The van der Waals surface area contributed by atoms with Gasteiger partial charge in [-0.2, -0.15) is 0 Å². The fourth-order valence-electron chi connectivity index (χ4n) is 2.06. The first-order chi connectivity index (χ1) is 10.3. The molecule has 1 amide bonds. The molecule has 0 radical (unpaired) electrons. The van der Waals surface area contributed by atoms with Crippen molar-refractivity contribution in [1.82, 2.24) is 0 Å². The Labute approximate surface area is 132 Å². The van der Waals surface area contributed by atoms with Crippen LogP contribution < -0.4 is 11.5 Å². The smallest absolute Gasteiger partial charge is 0.248 e. The zero-order chi connectivity index (χ0) is 16.7. The molecule has 0 saturated carbocycles. The number of nitrogen functional groups attached to an aromatic ring is 1. The van der Waals surface area contributed by atoms with E-state index in [-0.39, 0.29) is 6.61 Å². The van der Waals surface area contributed by atoms with Crippen LogP contribution in [0.15, 0.2) is 41.0 Å². The van der Waals surface area contributed by atoms with E-state index in [2.05, 4.69) is 13.0 Å². The number of allylic oxidation sites excluding steroid dienone is 3. The van der Waals surface area contributed by atoms with E-state index in [0.717, 1.165) is 24.0 Å². The van der Waals surface area contributed by atoms with Gasteiger partial charge in [0, 0.05) is 11.3 Å². The first kappa shape index (κ1) is 18.0. The van der Waals surface area contributed by atoms with Crippen LogP contribution in [0.3, 0.4) is 0 Å². The molecule has 0 bridgehead atoms. The molecule has 22 heavy (non-hydrogen) atoms. The van der Waals surface area contributed by atoms with Crippen LogP contribution in [0.5, 0.6) is 0 Å². The molecule has 0 aliphatic rings. The number of anilines is 1. The largest absolute Gasteiger partial charge is 0.398 e. The maximum atomic E-state index is 11.2. The molecule has 4 heteroatoms. The predicted molar refractivity (Wildman–Crippen MR) is 91.5 cm³/mol. The topological polar surface area (TPSA) is 89.3 Å². The SMILES string of the molecule is C/C(CO)=C(\C)CC/C(C)=C/Cc1cc(C(N)=O)ccc1N. The van der Waals surface area contributed by atoms with Gasteiger partial charge in [0.05, 0.1) is 6.61 Å². The van der Waals surface area contributed by atoms with E-state index in [1.807, 2.05) is 13.8 Å². The first-order valence-corrected chi connectivity index (χ1v) is 7.45. The lowest BCUT2D eigenvalue weighted by Crippen LogP contribution is -2.11. The predicted octanol–water partition coefficient (Wildman–Crippen LogP) is 2.97. The van der Waals surface area contributed by atoms with Gasteiger partial charge in [-0.15, -0.1) is 0 Å². The lowest BCUT2D eigenvalue weighted by atomic mass is 10.0. The molecule has 0 atom stereocenters. The quantitative estimate of drug-likeness (QED) is 0.534. The third kappa shape index (κ3) is 5.37. The van der Waals surface area contributed by atoms with Gasteiger partial charge in [0.25, 0.3) is 0 Å². The summed E-state index contributed by atoms with van der Waals surface area (Å²) in [5, 5.41) is 9.10. The van der Waals surface area contributed by atoms with Crippen molar-refractivity contribution in [2.24, 2.45) is 5.73 Å². The van der Waals surface area contributed by atoms with Gasteiger partial charge in [-0.1, -0.05) is 17.2 Å². The van der Waals surface area contributed by atoms with E-state index in [1.165, 1.54) is 11.1 Å². The number of amides is 1. The van der Waals surface area contributed by atoms with Gasteiger partial charge in [0.15, 0.2) is 0 Å². The van der Waals surface area contributed by atoms with Gasteiger partial charge in [0.1, 0.15) is 0 Å². The second kappa shape index (κ2) is 8.39. The van der Waals surface area contributed by atoms with E-state index >= 15 is 0 Å². The average molecular weight is 302 g/mol. The molecule has 0 aliphatic heterocycles. The van der Waals surface area contributed by atoms with E-state index in [9.17, 15) is 4.79 Å². The van der Waals surface area contributed by atoms with Crippen molar-refractivity contribution in [3.63, 3.8) is 0 Å². The number of benzene rings is 1. The number of hydrogen-bond donors (Lipinski definition) is 3. The van der Waals surface area contributed by atoms with Crippen molar-refractivity contribution >= 4 is 11.6 Å². The molecular formula is C18H26N2O2. The Balaban J connectivity index is 2.71. The highest BCUT2D eigenvalue weighted by molar-refractivity contribution is 5.93. The van der Waals surface area contributed by atoms with Gasteiger partial charge in [0.2, 0.25) is 5.91 Å². The maximum absolute atomic E-state index is 11.2. The highest BCUT2D eigenvalue weighted by Gasteiger charge is 2.04. The third-order valence-corrected chi connectivity index (χ3v) is 3.96. The number of rotatable bonds is 7. The molecule has 120 valence electrons. The van der Waals surface area contributed by atoms with Crippen LogP contribution in [0.1, 0.15) is 49.5 Å². The summed E-state index contributed by atoms with van der Waals surface area (Å²) in [4.78, 5) is 11.2. The standard InChI is InChI=1S/C18H26N2O2/c1-12(4-6-13(2)14(3)11-21)5-7-15-10-16(18(20)22)8-9-17(15)19/h5,8-10,21H,4,6-7,11,19H2,1-3H3,(H2,20,22)/b12-5+,14-13-. The summed E-state index contributed by atoms with van der Waals surface area (Å²) >= 11 is 0. The molecule has 4 nitrogen and oxygen atoms in total. The third-order valence-electron chi connectivity index (χ3n) is 3.96. The molecule has 5 N–H and O–H groups in total. The summed E-state index contributed by atoms with van der Waals surface area (Å²) in [6.45, 7) is 6.19. The summed E-state index contributed by atoms with van der Waals surface area (Å²) in [5.41, 5.74) is 16.8. The molecule has 0 fully saturated rings. The zero-order valence-corrected chi connectivity index (χ0v) is 13.6. The Morgan fingerprint density at radius 1 is 1.18 bits per heavy atom. The van der Waals surface area contributed by atoms with Crippen molar-refractivity contribution in [3.05, 3.63) is 52.1 Å². The Morgan fingerprint density at radius 2 is 1.86 bits per heavy atom. The van der Waals surface area contributed by atoms with Crippen LogP contribution in [-0.4, -0.2) is 17.6 Å². The number of carbonyl (C=O) groups excluding carboxylic acids is 1. The summed E-state index contributed by atoms with van der Waals surface area (Å²) in [6.07, 6.45) is 4.68. The van der Waals surface area contributed by atoms with E-state index in [0.29, 0.717) is 17.7 Å². The number of hydrogen-bond acceptors (Lipinski definition) is 3. The lowest BCUT2D eigenvalue weighted by Gasteiger charge is -2.08. The molecule has 1 rings (SSSR count). The molecule has 1 aromatic rings. The molecule has 0 aromatic heterocycles. The second-order valence-corrected chi connectivity index (χ2v) is 5.75. The van der Waals surface area contributed by atoms with Crippen LogP contribution >= 0.6 is 0 Å². The van der Waals surface area contributed by atoms with Gasteiger partial charge < -0.3 is 16.6 Å².